The molecule has 0 fully saturated rings. The van der Waals surface area contributed by atoms with Crippen molar-refractivity contribution in [1.82, 2.24) is 29.5 Å². The van der Waals surface area contributed by atoms with E-state index < -0.39 is 0 Å². The quantitative estimate of drug-likeness (QED) is 0.744. The first-order valence-electron chi connectivity index (χ1n) is 6.35. The van der Waals surface area contributed by atoms with Gasteiger partial charge in [0.1, 0.15) is 10.8 Å². The Labute approximate surface area is 126 Å². The maximum absolute atomic E-state index is 5.96. The molecule has 3 heterocycles. The highest BCUT2D eigenvalue weighted by molar-refractivity contribution is 6.29. The van der Waals surface area contributed by atoms with Crippen molar-refractivity contribution < 1.29 is 0 Å². The first kappa shape index (κ1) is 13.6. The van der Waals surface area contributed by atoms with Crippen LogP contribution in [0.25, 0.3) is 11.4 Å². The number of halogens is 1. The van der Waals surface area contributed by atoms with Crippen LogP contribution in [0.4, 0.5) is 5.95 Å². The predicted molar refractivity (Wildman–Crippen MR) is 79.7 cm³/mol. The molecule has 0 saturated heterocycles. The van der Waals surface area contributed by atoms with Crippen molar-refractivity contribution in [2.75, 3.05) is 5.73 Å². The highest BCUT2D eigenvalue weighted by atomic mass is 35.5. The third-order valence-electron chi connectivity index (χ3n) is 3.29. The highest BCUT2D eigenvalue weighted by Crippen LogP contribution is 2.26. The minimum absolute atomic E-state index is 0.130. The van der Waals surface area contributed by atoms with Gasteiger partial charge >= 0.3 is 0 Å². The Kier molecular flexibility index (Phi) is 3.34. The van der Waals surface area contributed by atoms with Crippen LogP contribution < -0.4 is 5.73 Å². The predicted octanol–water partition coefficient (Wildman–Crippen LogP) is 1.67. The Hall–Kier alpha value is -2.41. The number of hydrogen-bond donors (Lipinski definition) is 1. The van der Waals surface area contributed by atoms with Gasteiger partial charge in [-0.05, 0) is 13.0 Å². The summed E-state index contributed by atoms with van der Waals surface area (Å²) in [5.74, 6) is 0.130. The maximum atomic E-state index is 5.96. The molecule has 0 aliphatic carbocycles. The Balaban J connectivity index is 2.11. The Bertz CT molecular complexity index is 756. The van der Waals surface area contributed by atoms with E-state index in [1.807, 2.05) is 30.9 Å². The molecule has 21 heavy (non-hydrogen) atoms. The standard InChI is InChI=1S/C13H14ClN7/c1-8-9(7-21-5-3-4-16-21)12(19-20(8)2)10-6-11(14)18-13(15)17-10/h3-6H,7H2,1-2H3,(H2,15,17,18). The number of nitrogens with two attached hydrogens (primary N) is 1. The molecule has 3 rings (SSSR count). The second-order valence-electron chi connectivity index (χ2n) is 4.67. The van der Waals surface area contributed by atoms with Gasteiger partial charge < -0.3 is 5.73 Å². The van der Waals surface area contributed by atoms with Crippen molar-refractivity contribution in [3.63, 3.8) is 0 Å². The average molecular weight is 304 g/mol. The minimum atomic E-state index is 0.130. The Morgan fingerprint density at radius 3 is 2.81 bits per heavy atom. The molecule has 3 aromatic heterocycles. The van der Waals surface area contributed by atoms with Crippen LogP contribution in [0.3, 0.4) is 0 Å². The summed E-state index contributed by atoms with van der Waals surface area (Å²) in [6.07, 6.45) is 3.64. The van der Waals surface area contributed by atoms with Crippen LogP contribution in [-0.2, 0) is 13.6 Å². The van der Waals surface area contributed by atoms with E-state index in [1.165, 1.54) is 0 Å². The summed E-state index contributed by atoms with van der Waals surface area (Å²) < 4.78 is 3.64. The third kappa shape index (κ3) is 2.59. The zero-order valence-electron chi connectivity index (χ0n) is 11.7. The lowest BCUT2D eigenvalue weighted by Crippen LogP contribution is -2.03. The lowest BCUT2D eigenvalue weighted by atomic mass is 10.1. The molecule has 0 spiro atoms. The van der Waals surface area contributed by atoms with Gasteiger partial charge in [0.25, 0.3) is 0 Å². The van der Waals surface area contributed by atoms with E-state index in [1.54, 1.807) is 16.9 Å². The van der Waals surface area contributed by atoms with Gasteiger partial charge in [0.05, 0.1) is 12.2 Å². The largest absolute Gasteiger partial charge is 0.368 e. The van der Waals surface area contributed by atoms with Gasteiger partial charge in [-0.3, -0.25) is 9.36 Å². The molecule has 0 radical (unpaired) electrons. The molecule has 0 unspecified atom stereocenters. The molecule has 0 aliphatic heterocycles. The van der Waals surface area contributed by atoms with Crippen LogP contribution in [0.1, 0.15) is 11.3 Å². The monoisotopic (exact) mass is 303 g/mol. The van der Waals surface area contributed by atoms with Crippen molar-refractivity contribution in [3.05, 3.63) is 40.9 Å². The normalized spacial score (nSPS) is 11.0. The molecule has 0 bridgehead atoms. The van der Waals surface area contributed by atoms with Gasteiger partial charge in [-0.1, -0.05) is 11.6 Å². The highest BCUT2D eigenvalue weighted by Gasteiger charge is 2.17. The van der Waals surface area contributed by atoms with Gasteiger partial charge in [-0.2, -0.15) is 10.2 Å². The smallest absolute Gasteiger partial charge is 0.222 e. The average Bonchev–Trinajstić information content (AvgIpc) is 3.01. The van der Waals surface area contributed by atoms with Crippen molar-refractivity contribution >= 4 is 17.5 Å². The van der Waals surface area contributed by atoms with Gasteiger partial charge in [-0.25, -0.2) is 9.97 Å². The second-order valence-corrected chi connectivity index (χ2v) is 5.06. The number of nitrogens with zero attached hydrogens (tertiary/aromatic N) is 6. The number of nitrogen functional groups attached to an aromatic ring is 1. The number of hydrogen-bond acceptors (Lipinski definition) is 5. The minimum Gasteiger partial charge on any atom is -0.368 e. The fourth-order valence-electron chi connectivity index (χ4n) is 2.16. The molecular formula is C13H14ClN7. The molecule has 8 heteroatoms. The van der Waals surface area contributed by atoms with Crippen molar-refractivity contribution in [1.29, 1.82) is 0 Å². The van der Waals surface area contributed by atoms with Gasteiger partial charge in [0.2, 0.25) is 5.95 Å². The molecule has 0 atom stereocenters. The lowest BCUT2D eigenvalue weighted by Gasteiger charge is -2.05. The van der Waals surface area contributed by atoms with E-state index in [9.17, 15) is 0 Å². The molecule has 0 aromatic carbocycles. The van der Waals surface area contributed by atoms with Crippen LogP contribution in [0.15, 0.2) is 24.5 Å². The SMILES string of the molecule is Cc1c(Cn2cccn2)c(-c2cc(Cl)nc(N)n2)nn1C. The van der Waals surface area contributed by atoms with E-state index in [0.29, 0.717) is 17.4 Å². The second kappa shape index (κ2) is 5.17. The molecule has 0 amide bonds. The molecule has 7 nitrogen and oxygen atoms in total. The number of aromatic nitrogens is 6. The van der Waals surface area contributed by atoms with Crippen molar-refractivity contribution in [2.45, 2.75) is 13.5 Å². The van der Waals surface area contributed by atoms with E-state index in [0.717, 1.165) is 17.0 Å². The van der Waals surface area contributed by atoms with Crippen LogP contribution in [0, 0.1) is 6.92 Å². The number of aryl methyl sites for hydroxylation is 1. The molecule has 3 aromatic rings. The molecular weight excluding hydrogens is 290 g/mol. The maximum Gasteiger partial charge on any atom is 0.222 e. The topological polar surface area (TPSA) is 87.4 Å². The van der Waals surface area contributed by atoms with Crippen molar-refractivity contribution in [3.8, 4) is 11.4 Å². The molecule has 0 saturated carbocycles. The summed E-state index contributed by atoms with van der Waals surface area (Å²) in [6, 6.07) is 3.54. The van der Waals surface area contributed by atoms with E-state index in [2.05, 4.69) is 20.2 Å². The van der Waals surface area contributed by atoms with Gasteiger partial charge in [-0.15, -0.1) is 0 Å². The van der Waals surface area contributed by atoms with Crippen LogP contribution in [0.2, 0.25) is 5.15 Å². The third-order valence-corrected chi connectivity index (χ3v) is 3.49. The van der Waals surface area contributed by atoms with Gasteiger partial charge in [0.15, 0.2) is 0 Å². The van der Waals surface area contributed by atoms with E-state index >= 15 is 0 Å². The Morgan fingerprint density at radius 2 is 2.14 bits per heavy atom. The zero-order valence-corrected chi connectivity index (χ0v) is 12.4. The van der Waals surface area contributed by atoms with E-state index in [4.69, 9.17) is 17.3 Å². The Morgan fingerprint density at radius 1 is 1.33 bits per heavy atom. The number of rotatable bonds is 3. The fraction of sp³-hybridized carbons (Fsp3) is 0.231. The fourth-order valence-corrected chi connectivity index (χ4v) is 2.35. The summed E-state index contributed by atoms with van der Waals surface area (Å²) in [6.45, 7) is 2.60. The summed E-state index contributed by atoms with van der Waals surface area (Å²) in [5.41, 5.74) is 9.08. The summed E-state index contributed by atoms with van der Waals surface area (Å²) in [4.78, 5) is 8.10. The van der Waals surface area contributed by atoms with Crippen LogP contribution in [0.5, 0.6) is 0 Å². The molecule has 108 valence electrons. The van der Waals surface area contributed by atoms with Crippen LogP contribution >= 0.6 is 11.6 Å². The zero-order chi connectivity index (χ0) is 15.0. The van der Waals surface area contributed by atoms with Crippen molar-refractivity contribution in [2.24, 2.45) is 7.05 Å². The number of anilines is 1. The van der Waals surface area contributed by atoms with Gasteiger partial charge in [0, 0.05) is 36.8 Å². The summed E-state index contributed by atoms with van der Waals surface area (Å²) >= 11 is 5.96. The van der Waals surface area contributed by atoms with E-state index in [-0.39, 0.29) is 5.95 Å². The first-order valence-corrected chi connectivity index (χ1v) is 6.72. The molecule has 0 aliphatic rings. The van der Waals surface area contributed by atoms with Crippen LogP contribution in [-0.4, -0.2) is 29.5 Å². The first-order chi connectivity index (χ1) is 10.0. The summed E-state index contributed by atoms with van der Waals surface area (Å²) in [7, 11) is 1.89. The molecule has 2 N–H and O–H groups in total. The lowest BCUT2D eigenvalue weighted by molar-refractivity contribution is 0.678. The summed E-state index contributed by atoms with van der Waals surface area (Å²) in [5, 5.41) is 9.04.